The SMILES string of the molecule is Cc1cc(O)c2c3c(ncc2c1)C(=O)c1cccc(O)c1C3=O. The fourth-order valence-electron chi connectivity index (χ4n) is 3.10. The van der Waals surface area contributed by atoms with Gasteiger partial charge in [0.2, 0.25) is 11.6 Å². The van der Waals surface area contributed by atoms with Crippen molar-refractivity contribution in [3.8, 4) is 11.5 Å². The molecule has 23 heavy (non-hydrogen) atoms. The molecule has 0 atom stereocenters. The van der Waals surface area contributed by atoms with Gasteiger partial charge >= 0.3 is 0 Å². The molecule has 0 saturated carbocycles. The highest BCUT2D eigenvalue weighted by Gasteiger charge is 2.35. The molecule has 4 rings (SSSR count). The van der Waals surface area contributed by atoms with Gasteiger partial charge in [0.25, 0.3) is 0 Å². The molecular formula is C18H11NO4. The first kappa shape index (κ1) is 13.5. The smallest absolute Gasteiger partial charge is 0.213 e. The van der Waals surface area contributed by atoms with Crippen LogP contribution in [0, 0.1) is 6.92 Å². The van der Waals surface area contributed by atoms with Crippen molar-refractivity contribution in [2.24, 2.45) is 0 Å². The largest absolute Gasteiger partial charge is 0.507 e. The van der Waals surface area contributed by atoms with Crippen LogP contribution in [0.3, 0.4) is 0 Å². The van der Waals surface area contributed by atoms with Gasteiger partial charge in [-0.05, 0) is 36.8 Å². The molecule has 3 aromatic rings. The third-order valence-electron chi connectivity index (χ3n) is 4.07. The minimum absolute atomic E-state index is 0.000229. The number of pyridine rings is 1. The van der Waals surface area contributed by atoms with Gasteiger partial charge in [-0.25, -0.2) is 0 Å². The van der Waals surface area contributed by atoms with Crippen LogP contribution in [0.1, 0.15) is 37.5 Å². The molecule has 0 bridgehead atoms. The lowest BCUT2D eigenvalue weighted by atomic mass is 9.84. The fourth-order valence-corrected chi connectivity index (χ4v) is 3.10. The third kappa shape index (κ3) is 1.70. The highest BCUT2D eigenvalue weighted by molar-refractivity contribution is 6.32. The zero-order chi connectivity index (χ0) is 16.3. The van der Waals surface area contributed by atoms with E-state index in [4.69, 9.17) is 0 Å². The van der Waals surface area contributed by atoms with E-state index in [1.165, 1.54) is 30.5 Å². The molecule has 1 aromatic heterocycles. The zero-order valence-corrected chi connectivity index (χ0v) is 12.1. The molecular weight excluding hydrogens is 294 g/mol. The van der Waals surface area contributed by atoms with E-state index in [2.05, 4.69) is 4.98 Å². The number of aromatic nitrogens is 1. The summed E-state index contributed by atoms with van der Waals surface area (Å²) < 4.78 is 0. The van der Waals surface area contributed by atoms with Crippen LogP contribution in [0.5, 0.6) is 11.5 Å². The van der Waals surface area contributed by atoms with Crippen LogP contribution in [0.15, 0.2) is 36.5 Å². The van der Waals surface area contributed by atoms with Gasteiger partial charge in [-0.3, -0.25) is 14.6 Å². The molecule has 0 fully saturated rings. The van der Waals surface area contributed by atoms with Gasteiger partial charge in [0.1, 0.15) is 17.2 Å². The molecule has 2 aromatic carbocycles. The van der Waals surface area contributed by atoms with Crippen LogP contribution in [-0.2, 0) is 0 Å². The number of benzene rings is 2. The number of nitrogens with zero attached hydrogens (tertiary/aromatic N) is 1. The zero-order valence-electron chi connectivity index (χ0n) is 12.1. The van der Waals surface area contributed by atoms with Crippen molar-refractivity contribution in [3.63, 3.8) is 0 Å². The predicted octanol–water partition coefficient (Wildman–Crippen LogP) is 2.73. The Balaban J connectivity index is 2.16. The summed E-state index contributed by atoms with van der Waals surface area (Å²) in [6.07, 6.45) is 1.47. The van der Waals surface area contributed by atoms with Crippen molar-refractivity contribution in [2.45, 2.75) is 6.92 Å². The molecule has 112 valence electrons. The Kier molecular flexibility index (Phi) is 2.57. The Labute approximate surface area is 130 Å². The van der Waals surface area contributed by atoms with Gasteiger partial charge in [-0.1, -0.05) is 6.07 Å². The molecule has 0 aliphatic heterocycles. The summed E-state index contributed by atoms with van der Waals surface area (Å²) in [6.45, 7) is 1.81. The number of hydrogen-bond acceptors (Lipinski definition) is 5. The molecule has 2 N–H and O–H groups in total. The van der Waals surface area contributed by atoms with Crippen molar-refractivity contribution in [1.82, 2.24) is 4.98 Å². The summed E-state index contributed by atoms with van der Waals surface area (Å²) >= 11 is 0. The average molecular weight is 305 g/mol. The summed E-state index contributed by atoms with van der Waals surface area (Å²) in [5.41, 5.74) is 0.938. The second-order valence-corrected chi connectivity index (χ2v) is 5.59. The summed E-state index contributed by atoms with van der Waals surface area (Å²) in [4.78, 5) is 29.6. The summed E-state index contributed by atoms with van der Waals surface area (Å²) in [5.74, 6) is -1.29. The monoisotopic (exact) mass is 305 g/mol. The molecule has 0 spiro atoms. The number of rotatable bonds is 0. The van der Waals surface area contributed by atoms with Crippen molar-refractivity contribution < 1.29 is 19.8 Å². The van der Waals surface area contributed by atoms with Gasteiger partial charge < -0.3 is 10.2 Å². The lowest BCUT2D eigenvalue weighted by Crippen LogP contribution is -2.22. The number of phenolic OH excluding ortho intramolecular Hbond substituents is 2. The Morgan fingerprint density at radius 2 is 1.74 bits per heavy atom. The molecule has 0 unspecified atom stereocenters. The minimum atomic E-state index is -0.509. The normalized spacial score (nSPS) is 13.1. The highest BCUT2D eigenvalue weighted by atomic mass is 16.3. The average Bonchev–Trinajstić information content (AvgIpc) is 2.51. The van der Waals surface area contributed by atoms with Crippen LogP contribution >= 0.6 is 0 Å². The van der Waals surface area contributed by atoms with E-state index in [1.807, 2.05) is 6.92 Å². The maximum Gasteiger partial charge on any atom is 0.213 e. The Morgan fingerprint density at radius 3 is 2.52 bits per heavy atom. The van der Waals surface area contributed by atoms with Gasteiger partial charge in [0, 0.05) is 22.5 Å². The van der Waals surface area contributed by atoms with Crippen LogP contribution < -0.4 is 0 Å². The van der Waals surface area contributed by atoms with Crippen LogP contribution in [0.4, 0.5) is 0 Å². The number of aromatic hydroxyl groups is 2. The lowest BCUT2D eigenvalue weighted by Gasteiger charge is -2.19. The van der Waals surface area contributed by atoms with Gasteiger partial charge in [-0.2, -0.15) is 0 Å². The van der Waals surface area contributed by atoms with Crippen molar-refractivity contribution in [2.75, 3.05) is 0 Å². The van der Waals surface area contributed by atoms with E-state index in [1.54, 1.807) is 6.07 Å². The van der Waals surface area contributed by atoms with E-state index in [0.29, 0.717) is 5.39 Å². The van der Waals surface area contributed by atoms with E-state index in [9.17, 15) is 19.8 Å². The van der Waals surface area contributed by atoms with Crippen molar-refractivity contribution >= 4 is 22.3 Å². The summed E-state index contributed by atoms with van der Waals surface area (Å²) in [7, 11) is 0. The number of carbonyl (C=O) groups is 2. The van der Waals surface area contributed by atoms with Crippen LogP contribution in [-0.4, -0.2) is 26.8 Å². The lowest BCUT2D eigenvalue weighted by molar-refractivity contribution is 0.0974. The molecule has 1 aliphatic rings. The highest BCUT2D eigenvalue weighted by Crippen LogP contribution is 2.38. The van der Waals surface area contributed by atoms with Gasteiger partial charge in [0.05, 0.1) is 11.1 Å². The number of fused-ring (bicyclic) bond motifs is 4. The van der Waals surface area contributed by atoms with E-state index < -0.39 is 11.6 Å². The van der Waals surface area contributed by atoms with Crippen LogP contribution in [0.2, 0.25) is 0 Å². The quantitative estimate of drug-likeness (QED) is 0.521. The van der Waals surface area contributed by atoms with Crippen LogP contribution in [0.25, 0.3) is 10.8 Å². The van der Waals surface area contributed by atoms with E-state index in [0.717, 1.165) is 5.56 Å². The molecule has 1 heterocycles. The second-order valence-electron chi connectivity index (χ2n) is 5.59. The van der Waals surface area contributed by atoms with Crippen molar-refractivity contribution in [3.05, 3.63) is 64.5 Å². The molecule has 5 nitrogen and oxygen atoms in total. The molecule has 1 aliphatic carbocycles. The number of aryl methyl sites for hydroxylation is 1. The molecule has 0 radical (unpaired) electrons. The summed E-state index contributed by atoms with van der Waals surface area (Å²) in [6, 6.07) is 7.66. The van der Waals surface area contributed by atoms with Crippen molar-refractivity contribution in [1.29, 1.82) is 0 Å². The summed E-state index contributed by atoms with van der Waals surface area (Å²) in [5, 5.41) is 21.1. The first-order chi connectivity index (χ1) is 11.0. The maximum atomic E-state index is 12.9. The third-order valence-corrected chi connectivity index (χ3v) is 4.07. The topological polar surface area (TPSA) is 87.5 Å². The van der Waals surface area contributed by atoms with Gasteiger partial charge in [0.15, 0.2) is 0 Å². The van der Waals surface area contributed by atoms with E-state index >= 15 is 0 Å². The standard InChI is InChI=1S/C18H11NO4/c1-8-5-9-7-19-16-15(13(9)12(21)6-8)18(23)14-10(17(16)22)3-2-4-11(14)20/h2-7,20-21H,1H3. The number of carbonyl (C=O) groups excluding carboxylic acids is 2. The molecule has 5 heteroatoms. The molecule has 0 amide bonds. The first-order valence-electron chi connectivity index (χ1n) is 7.02. The maximum absolute atomic E-state index is 12.9. The fraction of sp³-hybridized carbons (Fsp3) is 0.0556. The number of hydrogen-bond donors (Lipinski definition) is 2. The van der Waals surface area contributed by atoms with Gasteiger partial charge in [-0.15, -0.1) is 0 Å². The van der Waals surface area contributed by atoms with E-state index in [-0.39, 0.29) is 39.3 Å². The number of phenols is 2. The molecule has 0 saturated heterocycles. The second kappa shape index (κ2) is 4.39. The Morgan fingerprint density at radius 1 is 0.957 bits per heavy atom. The Hall–Kier alpha value is -3.21. The first-order valence-corrected chi connectivity index (χ1v) is 7.02. The number of ketones is 2. The minimum Gasteiger partial charge on any atom is -0.507 e. The Bertz CT molecular complexity index is 1040. The predicted molar refractivity (Wildman–Crippen MR) is 83.1 cm³/mol.